The standard InChI is InChI=1S/C27H31ClFN3O6S/c1-26(2,30)18-13-21(16-5-7-20(29)19(28)11-16)32-25(14-18)27(3,34)10-9-22(33)17-6-8-23(24(12-17)37-4)38-15-39(31,35)36/h5-8,11-14,34H,9-10,15,30H2,1-4H3,(H2,31,35,36). The average Bonchev–Trinajstić information content (AvgIpc) is 2.86. The maximum absolute atomic E-state index is 13.7. The smallest absolute Gasteiger partial charge is 0.244 e. The monoisotopic (exact) mass is 579 g/mol. The molecule has 1 aromatic heterocycles. The van der Waals surface area contributed by atoms with E-state index >= 15 is 0 Å². The molecule has 12 heteroatoms. The lowest BCUT2D eigenvalue weighted by molar-refractivity contribution is 0.0396. The number of pyridine rings is 1. The van der Waals surface area contributed by atoms with E-state index in [0.29, 0.717) is 16.8 Å². The van der Waals surface area contributed by atoms with Crippen molar-refractivity contribution in [3.05, 3.63) is 76.2 Å². The summed E-state index contributed by atoms with van der Waals surface area (Å²) in [6.07, 6.45) is -0.0357. The molecule has 0 aliphatic carbocycles. The van der Waals surface area contributed by atoms with Gasteiger partial charge in [-0.2, -0.15) is 0 Å². The van der Waals surface area contributed by atoms with Gasteiger partial charge in [-0.25, -0.2) is 22.9 Å². The Kier molecular flexibility index (Phi) is 9.03. The van der Waals surface area contributed by atoms with Gasteiger partial charge in [0.25, 0.3) is 0 Å². The molecule has 39 heavy (non-hydrogen) atoms. The molecule has 1 heterocycles. The quantitative estimate of drug-likeness (QED) is 0.285. The third-order valence-corrected chi connectivity index (χ3v) is 6.78. The molecule has 9 nitrogen and oxygen atoms in total. The third-order valence-electron chi connectivity index (χ3n) is 6.04. The van der Waals surface area contributed by atoms with Gasteiger partial charge in [0.2, 0.25) is 16.0 Å². The van der Waals surface area contributed by atoms with Gasteiger partial charge >= 0.3 is 0 Å². The molecular formula is C27H31ClFN3O6S. The Labute approximate surface area is 232 Å². The normalized spacial score (nSPS) is 13.6. The topological polar surface area (TPSA) is 155 Å². The van der Waals surface area contributed by atoms with Crippen LogP contribution in [-0.4, -0.2) is 37.3 Å². The second-order valence-corrected chi connectivity index (χ2v) is 11.9. The van der Waals surface area contributed by atoms with Crippen LogP contribution in [0.4, 0.5) is 4.39 Å². The first-order chi connectivity index (χ1) is 18.0. The minimum Gasteiger partial charge on any atom is -0.493 e. The first-order valence-electron chi connectivity index (χ1n) is 11.8. The number of ether oxygens (including phenoxy) is 2. The van der Waals surface area contributed by atoms with Crippen LogP contribution in [0.15, 0.2) is 48.5 Å². The van der Waals surface area contributed by atoms with Crippen molar-refractivity contribution in [2.24, 2.45) is 10.9 Å². The number of rotatable bonds is 11. The van der Waals surface area contributed by atoms with Crippen LogP contribution in [0.1, 0.15) is 55.2 Å². The molecule has 210 valence electrons. The number of nitrogens with zero attached hydrogens (tertiary/aromatic N) is 1. The number of hydrogen-bond acceptors (Lipinski definition) is 8. The van der Waals surface area contributed by atoms with E-state index in [2.05, 4.69) is 4.98 Å². The van der Waals surface area contributed by atoms with Gasteiger partial charge in [-0.3, -0.25) is 4.79 Å². The van der Waals surface area contributed by atoms with Crippen molar-refractivity contribution in [2.45, 2.75) is 44.8 Å². The van der Waals surface area contributed by atoms with Gasteiger partial charge in [0.1, 0.15) is 11.4 Å². The van der Waals surface area contributed by atoms with Gasteiger partial charge < -0.3 is 20.3 Å². The highest BCUT2D eigenvalue weighted by Gasteiger charge is 2.29. The molecule has 0 radical (unpaired) electrons. The van der Waals surface area contributed by atoms with Gasteiger partial charge in [-0.15, -0.1) is 0 Å². The second kappa shape index (κ2) is 11.6. The van der Waals surface area contributed by atoms with E-state index in [1.165, 1.54) is 43.5 Å². The largest absolute Gasteiger partial charge is 0.493 e. The highest BCUT2D eigenvalue weighted by molar-refractivity contribution is 7.88. The van der Waals surface area contributed by atoms with E-state index in [1.54, 1.807) is 32.9 Å². The van der Waals surface area contributed by atoms with Crippen molar-refractivity contribution in [2.75, 3.05) is 13.0 Å². The summed E-state index contributed by atoms with van der Waals surface area (Å²) >= 11 is 5.97. The fraction of sp³-hybridized carbons (Fsp3) is 0.333. The number of aliphatic hydroxyl groups is 1. The molecule has 0 aliphatic heterocycles. The molecule has 0 bridgehead atoms. The summed E-state index contributed by atoms with van der Waals surface area (Å²) in [4.78, 5) is 17.6. The Balaban J connectivity index is 1.86. The lowest BCUT2D eigenvalue weighted by atomic mass is 9.88. The Morgan fingerprint density at radius 2 is 1.79 bits per heavy atom. The summed E-state index contributed by atoms with van der Waals surface area (Å²) in [6.45, 7) is 5.15. The number of ketones is 1. The molecule has 0 spiro atoms. The van der Waals surface area contributed by atoms with Gasteiger partial charge in [-0.1, -0.05) is 11.6 Å². The number of benzene rings is 2. The number of halogens is 2. The number of nitrogens with two attached hydrogens (primary N) is 2. The van der Waals surface area contributed by atoms with Crippen molar-refractivity contribution in [3.8, 4) is 22.8 Å². The molecular weight excluding hydrogens is 549 g/mol. The van der Waals surface area contributed by atoms with E-state index in [-0.39, 0.29) is 46.4 Å². The van der Waals surface area contributed by atoms with Crippen molar-refractivity contribution >= 4 is 27.4 Å². The van der Waals surface area contributed by atoms with Crippen LogP contribution in [0.3, 0.4) is 0 Å². The molecule has 1 unspecified atom stereocenters. The van der Waals surface area contributed by atoms with Crippen molar-refractivity contribution in [3.63, 3.8) is 0 Å². The zero-order chi connectivity index (χ0) is 29.2. The highest BCUT2D eigenvalue weighted by Crippen LogP contribution is 2.34. The van der Waals surface area contributed by atoms with Crippen LogP contribution < -0.4 is 20.3 Å². The summed E-state index contributed by atoms with van der Waals surface area (Å²) < 4.78 is 46.5. The van der Waals surface area contributed by atoms with Crippen LogP contribution >= 0.6 is 11.6 Å². The zero-order valence-electron chi connectivity index (χ0n) is 22.0. The summed E-state index contributed by atoms with van der Waals surface area (Å²) in [5.74, 6) is -1.36. The molecule has 2 aromatic carbocycles. The Morgan fingerprint density at radius 1 is 1.10 bits per heavy atom. The molecule has 3 rings (SSSR count). The number of methoxy groups -OCH3 is 1. The van der Waals surface area contributed by atoms with Gasteiger partial charge in [0.15, 0.2) is 17.3 Å². The number of sulfonamides is 1. The molecule has 0 amide bonds. The number of carbonyl (C=O) groups is 1. The predicted molar refractivity (Wildman–Crippen MR) is 147 cm³/mol. The number of carbonyl (C=O) groups excluding carboxylic acids is 1. The summed E-state index contributed by atoms with van der Waals surface area (Å²) in [5.41, 5.74) is 6.24. The molecule has 0 fully saturated rings. The molecule has 5 N–H and O–H groups in total. The minimum absolute atomic E-state index is 0.0168. The maximum Gasteiger partial charge on any atom is 0.244 e. The van der Waals surface area contributed by atoms with Gasteiger partial charge in [0.05, 0.1) is 23.5 Å². The van der Waals surface area contributed by atoms with Gasteiger partial charge in [0, 0.05) is 23.1 Å². The van der Waals surface area contributed by atoms with E-state index < -0.39 is 32.9 Å². The Bertz CT molecular complexity index is 1490. The number of Topliss-reactive ketones (excluding diaryl/α,β-unsaturated/α-hetero) is 1. The second-order valence-electron chi connectivity index (χ2n) is 9.96. The average molecular weight is 580 g/mol. The van der Waals surface area contributed by atoms with Crippen molar-refractivity contribution in [1.82, 2.24) is 4.98 Å². The highest BCUT2D eigenvalue weighted by atomic mass is 35.5. The summed E-state index contributed by atoms with van der Waals surface area (Å²) in [5, 5.41) is 16.3. The van der Waals surface area contributed by atoms with Crippen LogP contribution in [0.2, 0.25) is 5.02 Å². The number of aromatic nitrogens is 1. The fourth-order valence-corrected chi connectivity index (χ4v) is 4.19. The lowest BCUT2D eigenvalue weighted by Crippen LogP contribution is -2.31. The first-order valence-corrected chi connectivity index (χ1v) is 13.9. The van der Waals surface area contributed by atoms with Crippen molar-refractivity contribution < 1.29 is 32.2 Å². The van der Waals surface area contributed by atoms with Crippen LogP contribution in [0.5, 0.6) is 11.5 Å². The third kappa shape index (κ3) is 7.96. The molecule has 3 aromatic rings. The maximum atomic E-state index is 13.7. The predicted octanol–water partition coefficient (Wildman–Crippen LogP) is 4.24. The van der Waals surface area contributed by atoms with E-state index in [1.807, 2.05) is 0 Å². The van der Waals surface area contributed by atoms with E-state index in [9.17, 15) is 22.7 Å². The SMILES string of the molecule is COc1cc(C(=O)CCC(C)(O)c2cc(C(C)(C)N)cc(-c3ccc(F)c(Cl)c3)n2)ccc1OCS(N)(=O)=O. The Morgan fingerprint density at radius 3 is 2.38 bits per heavy atom. The van der Waals surface area contributed by atoms with Gasteiger partial charge in [-0.05, 0) is 81.3 Å². The van der Waals surface area contributed by atoms with Crippen molar-refractivity contribution in [1.29, 1.82) is 0 Å². The molecule has 0 saturated heterocycles. The van der Waals surface area contributed by atoms with Crippen LogP contribution in [0, 0.1) is 5.82 Å². The summed E-state index contributed by atoms with van der Waals surface area (Å²) in [7, 11) is -2.52. The zero-order valence-corrected chi connectivity index (χ0v) is 23.6. The lowest BCUT2D eigenvalue weighted by Gasteiger charge is -2.27. The minimum atomic E-state index is -3.87. The first kappa shape index (κ1) is 30.5. The number of hydrogen-bond donors (Lipinski definition) is 3. The number of primary sulfonamides is 1. The fourth-order valence-electron chi connectivity index (χ4n) is 3.72. The molecule has 0 saturated carbocycles. The molecule has 1 atom stereocenters. The summed E-state index contributed by atoms with van der Waals surface area (Å²) in [6, 6.07) is 11.9. The van der Waals surface area contributed by atoms with E-state index in [0.717, 1.165) is 0 Å². The molecule has 0 aliphatic rings. The van der Waals surface area contributed by atoms with Crippen LogP contribution in [-0.2, 0) is 21.2 Å². The van der Waals surface area contributed by atoms with E-state index in [4.69, 9.17) is 31.9 Å². The Hall–Kier alpha value is -3.09. The van der Waals surface area contributed by atoms with Crippen LogP contribution in [0.25, 0.3) is 11.3 Å².